The normalized spacial score (nSPS) is 25.9. The number of anilines is 1. The van der Waals surface area contributed by atoms with E-state index in [-0.39, 0.29) is 11.5 Å². The van der Waals surface area contributed by atoms with Crippen molar-refractivity contribution < 1.29 is 24.3 Å². The Morgan fingerprint density at radius 1 is 1.31 bits per heavy atom. The van der Waals surface area contributed by atoms with E-state index in [0.29, 0.717) is 5.82 Å². The van der Waals surface area contributed by atoms with Gasteiger partial charge >= 0.3 is 5.97 Å². The number of carboxylic acid groups (broad SMARTS) is 1. The van der Waals surface area contributed by atoms with Crippen LogP contribution in [-0.4, -0.2) is 60.9 Å². The lowest BCUT2D eigenvalue weighted by Gasteiger charge is -2.43. The summed E-state index contributed by atoms with van der Waals surface area (Å²) >= 11 is 1.36. The predicted molar refractivity (Wildman–Crippen MR) is 93.5 cm³/mol. The van der Waals surface area contributed by atoms with Gasteiger partial charge in [-0.3, -0.25) is 14.4 Å². The predicted octanol–water partition coefficient (Wildman–Crippen LogP) is 0.285. The number of nitrogens with one attached hydrogen (secondary N) is 2. The van der Waals surface area contributed by atoms with E-state index in [4.69, 9.17) is 0 Å². The molecule has 0 radical (unpaired) electrons. The standard InChI is InChI=1S/C16H18N4O5S/c1-7(21)18-9-5-4-8(6-17-9)12(22)19-10-13(23)20-11(15(24)25)16(2,3)26-14(10)20/h4-6,10-11,14H,1-3H3,(H,19,22)(H,24,25)(H,17,18,21)/t10-,11+,14-/m1/s1. The molecule has 2 saturated heterocycles. The van der Waals surface area contributed by atoms with Crippen LogP contribution in [0.3, 0.4) is 0 Å². The van der Waals surface area contributed by atoms with E-state index in [9.17, 15) is 24.3 Å². The molecule has 2 aliphatic rings. The number of aliphatic carboxylic acids is 1. The van der Waals surface area contributed by atoms with Crippen LogP contribution in [0.5, 0.6) is 0 Å². The average Bonchev–Trinajstić information content (AvgIpc) is 2.81. The minimum Gasteiger partial charge on any atom is -0.480 e. The first-order chi connectivity index (χ1) is 12.1. The zero-order valence-electron chi connectivity index (χ0n) is 14.3. The molecule has 0 aliphatic carbocycles. The molecule has 0 aromatic carbocycles. The first-order valence-electron chi connectivity index (χ1n) is 7.89. The second-order valence-corrected chi connectivity index (χ2v) is 8.43. The maximum atomic E-state index is 12.4. The van der Waals surface area contributed by atoms with E-state index < -0.39 is 40.0 Å². The lowest BCUT2D eigenvalue weighted by molar-refractivity contribution is -0.159. The third kappa shape index (κ3) is 3.00. The summed E-state index contributed by atoms with van der Waals surface area (Å²) in [5, 5.41) is 14.1. The van der Waals surface area contributed by atoms with Crippen LogP contribution in [-0.2, 0) is 14.4 Å². The van der Waals surface area contributed by atoms with Gasteiger partial charge in [-0.05, 0) is 26.0 Å². The third-order valence-electron chi connectivity index (χ3n) is 4.29. The molecule has 3 rings (SSSR count). The largest absolute Gasteiger partial charge is 0.480 e. The highest BCUT2D eigenvalue weighted by Crippen LogP contribution is 2.50. The smallest absolute Gasteiger partial charge is 0.327 e. The number of hydrogen-bond acceptors (Lipinski definition) is 6. The van der Waals surface area contributed by atoms with E-state index in [1.807, 2.05) is 0 Å². The molecule has 0 bridgehead atoms. The van der Waals surface area contributed by atoms with Gasteiger partial charge in [0.2, 0.25) is 11.8 Å². The number of thioether (sulfide) groups is 1. The summed E-state index contributed by atoms with van der Waals surface area (Å²) in [6.07, 6.45) is 1.30. The maximum absolute atomic E-state index is 12.4. The van der Waals surface area contributed by atoms with E-state index in [0.717, 1.165) is 0 Å². The first-order valence-corrected chi connectivity index (χ1v) is 8.77. The molecule has 3 amide bonds. The number of hydrogen-bond donors (Lipinski definition) is 3. The number of β-lactam (4-membered cyclic amide) rings is 1. The van der Waals surface area contributed by atoms with Crippen LogP contribution in [0.4, 0.5) is 5.82 Å². The van der Waals surface area contributed by atoms with E-state index in [2.05, 4.69) is 15.6 Å². The van der Waals surface area contributed by atoms with Crippen LogP contribution >= 0.6 is 11.8 Å². The molecule has 1 aromatic heterocycles. The number of carboxylic acids is 1. The highest BCUT2D eigenvalue weighted by molar-refractivity contribution is 8.01. The second-order valence-electron chi connectivity index (χ2n) is 6.66. The van der Waals surface area contributed by atoms with Crippen molar-refractivity contribution in [3.63, 3.8) is 0 Å². The Kier molecular flexibility index (Phi) is 4.39. The van der Waals surface area contributed by atoms with Crippen molar-refractivity contribution in [2.24, 2.45) is 0 Å². The van der Waals surface area contributed by atoms with E-state index in [1.54, 1.807) is 13.8 Å². The molecule has 2 aliphatic heterocycles. The van der Waals surface area contributed by atoms with E-state index in [1.165, 1.54) is 41.9 Å². The molecule has 3 atom stereocenters. The minimum atomic E-state index is -1.05. The fourth-order valence-corrected chi connectivity index (χ4v) is 4.78. The SMILES string of the molecule is CC(=O)Nc1ccc(C(=O)N[C@@H]2C(=O)N3[C@@H]2SC(C)(C)[C@@H]3C(=O)O)cn1. The molecule has 3 heterocycles. The van der Waals surface area contributed by atoms with Crippen LogP contribution in [0, 0.1) is 0 Å². The van der Waals surface area contributed by atoms with Gasteiger partial charge in [0.15, 0.2) is 0 Å². The summed E-state index contributed by atoms with van der Waals surface area (Å²) in [6, 6.07) is 1.28. The third-order valence-corrected chi connectivity index (χ3v) is 5.86. The van der Waals surface area contributed by atoms with Crippen molar-refractivity contribution in [2.45, 2.75) is 43.0 Å². The number of aromatic nitrogens is 1. The zero-order chi connectivity index (χ0) is 19.2. The van der Waals surface area contributed by atoms with Gasteiger partial charge < -0.3 is 20.6 Å². The highest BCUT2D eigenvalue weighted by Gasteiger charge is 2.64. The van der Waals surface area contributed by atoms with E-state index >= 15 is 0 Å². The summed E-state index contributed by atoms with van der Waals surface area (Å²) in [5.41, 5.74) is 0.238. The van der Waals surface area contributed by atoms with Crippen molar-refractivity contribution in [1.82, 2.24) is 15.2 Å². The zero-order valence-corrected chi connectivity index (χ0v) is 15.2. The second kappa shape index (κ2) is 6.27. The van der Waals surface area contributed by atoms with Crippen LogP contribution in [0.15, 0.2) is 18.3 Å². The molecule has 2 fully saturated rings. The summed E-state index contributed by atoms with van der Waals surface area (Å²) in [6.45, 7) is 4.89. The van der Waals surface area contributed by atoms with Crippen molar-refractivity contribution >= 4 is 41.3 Å². The number of carbonyl (C=O) groups is 4. The van der Waals surface area contributed by atoms with Crippen molar-refractivity contribution in [3.8, 4) is 0 Å². The maximum Gasteiger partial charge on any atom is 0.327 e. The molecule has 138 valence electrons. The Balaban J connectivity index is 1.69. The van der Waals surface area contributed by atoms with Crippen molar-refractivity contribution in [1.29, 1.82) is 0 Å². The lowest BCUT2D eigenvalue weighted by Crippen LogP contribution is -2.70. The Bertz CT molecular complexity index is 794. The summed E-state index contributed by atoms with van der Waals surface area (Å²) in [5.74, 6) is -1.90. The van der Waals surface area contributed by atoms with Gasteiger partial charge in [0.1, 0.15) is 23.3 Å². The molecule has 0 saturated carbocycles. The number of rotatable bonds is 4. The molecule has 0 spiro atoms. The van der Waals surface area contributed by atoms with Gasteiger partial charge in [-0.2, -0.15) is 0 Å². The molecular weight excluding hydrogens is 360 g/mol. The Hall–Kier alpha value is -2.62. The van der Waals surface area contributed by atoms with Crippen LogP contribution in [0.1, 0.15) is 31.1 Å². The van der Waals surface area contributed by atoms with Crippen molar-refractivity contribution in [2.75, 3.05) is 5.32 Å². The monoisotopic (exact) mass is 378 g/mol. The van der Waals surface area contributed by atoms with Gasteiger partial charge in [-0.15, -0.1) is 11.8 Å². The molecule has 9 nitrogen and oxygen atoms in total. The molecule has 10 heteroatoms. The number of carbonyl (C=O) groups excluding carboxylic acids is 3. The number of fused-ring (bicyclic) bond motifs is 1. The number of nitrogens with zero attached hydrogens (tertiary/aromatic N) is 2. The molecule has 0 unspecified atom stereocenters. The van der Waals surface area contributed by atoms with Crippen LogP contribution in [0.25, 0.3) is 0 Å². The number of amides is 3. The Labute approximate surface area is 153 Å². The molecule has 3 N–H and O–H groups in total. The topological polar surface area (TPSA) is 129 Å². The van der Waals surface area contributed by atoms with Crippen LogP contribution in [0.2, 0.25) is 0 Å². The average molecular weight is 378 g/mol. The summed E-state index contributed by atoms with van der Waals surface area (Å²) in [4.78, 5) is 52.5. The Morgan fingerprint density at radius 2 is 2.00 bits per heavy atom. The first kappa shape index (κ1) is 18.2. The quantitative estimate of drug-likeness (QED) is 0.642. The van der Waals surface area contributed by atoms with Gasteiger partial charge in [0.05, 0.1) is 5.56 Å². The molecule has 26 heavy (non-hydrogen) atoms. The fourth-order valence-electron chi connectivity index (χ4n) is 3.15. The molecular formula is C16H18N4O5S. The van der Waals surface area contributed by atoms with Crippen molar-refractivity contribution in [3.05, 3.63) is 23.9 Å². The lowest BCUT2D eigenvalue weighted by atomic mass is 9.96. The highest BCUT2D eigenvalue weighted by atomic mass is 32.2. The van der Waals surface area contributed by atoms with Crippen LogP contribution < -0.4 is 10.6 Å². The van der Waals surface area contributed by atoms with Gasteiger partial charge in [0.25, 0.3) is 5.91 Å². The molecule has 1 aromatic rings. The number of pyridine rings is 1. The van der Waals surface area contributed by atoms with Gasteiger partial charge in [0, 0.05) is 17.9 Å². The fraction of sp³-hybridized carbons (Fsp3) is 0.438. The van der Waals surface area contributed by atoms with Gasteiger partial charge in [-0.25, -0.2) is 9.78 Å². The minimum absolute atomic E-state index is 0.238. The van der Waals surface area contributed by atoms with Gasteiger partial charge in [-0.1, -0.05) is 0 Å². The summed E-state index contributed by atoms with van der Waals surface area (Å²) < 4.78 is -0.646. The summed E-state index contributed by atoms with van der Waals surface area (Å²) in [7, 11) is 0. The Morgan fingerprint density at radius 3 is 2.54 bits per heavy atom.